The molecule has 9 rings (SSSR count). The fourth-order valence-corrected chi connectivity index (χ4v) is 9.33. The van der Waals surface area contributed by atoms with Crippen LogP contribution in [0.5, 0.6) is 23.0 Å². The van der Waals surface area contributed by atoms with Crippen molar-refractivity contribution in [1.29, 1.82) is 0 Å². The molecule has 4 aromatic carbocycles. The predicted octanol–water partition coefficient (Wildman–Crippen LogP) is 10.5. The Hall–Kier alpha value is -5.26. The van der Waals surface area contributed by atoms with Crippen molar-refractivity contribution in [3.05, 3.63) is 119 Å². The second-order valence-electron chi connectivity index (χ2n) is 17.9. The first-order chi connectivity index (χ1) is 31.4. The molecule has 10 nitrogen and oxygen atoms in total. The molecule has 64 heavy (non-hydrogen) atoms. The van der Waals surface area contributed by atoms with Gasteiger partial charge < -0.3 is 37.9 Å². The highest BCUT2D eigenvalue weighted by Gasteiger charge is 2.44. The third kappa shape index (κ3) is 12.1. The summed E-state index contributed by atoms with van der Waals surface area (Å²) in [5.41, 5.74) is 5.94. The molecule has 4 aromatic rings. The molecular formula is C54H60O10. The molecule has 2 saturated heterocycles. The number of carbonyl (C=O) groups is 2. The zero-order valence-corrected chi connectivity index (χ0v) is 36.8. The Kier molecular flexibility index (Phi) is 14.5. The third-order valence-electron chi connectivity index (χ3n) is 13.1. The Morgan fingerprint density at radius 3 is 1.39 bits per heavy atom. The van der Waals surface area contributed by atoms with Crippen LogP contribution in [0.15, 0.2) is 97.1 Å². The van der Waals surface area contributed by atoms with Crippen molar-refractivity contribution in [3.8, 4) is 34.1 Å². The van der Waals surface area contributed by atoms with E-state index in [1.54, 1.807) is 12.2 Å². The molecule has 6 atom stereocenters. The molecule has 0 spiro atoms. The van der Waals surface area contributed by atoms with Crippen LogP contribution >= 0.6 is 0 Å². The molecule has 336 valence electrons. The van der Waals surface area contributed by atoms with Crippen molar-refractivity contribution >= 4 is 24.1 Å². The minimum absolute atomic E-state index is 0.0107. The van der Waals surface area contributed by atoms with Crippen molar-refractivity contribution in [2.45, 2.75) is 101 Å². The van der Waals surface area contributed by atoms with Crippen LogP contribution in [0.25, 0.3) is 23.3 Å². The number of hydrogen-bond donors (Lipinski definition) is 0. The number of unbranched alkanes of at least 4 members (excludes halogenated alkanes) is 2. The molecule has 10 heteroatoms. The molecule has 3 aliphatic carbocycles. The summed E-state index contributed by atoms with van der Waals surface area (Å²) in [6, 6.07) is 26.7. The van der Waals surface area contributed by atoms with E-state index in [0.717, 1.165) is 110 Å². The number of rotatable bonds is 22. The predicted molar refractivity (Wildman–Crippen MR) is 245 cm³/mol. The first-order valence-corrected chi connectivity index (χ1v) is 23.4. The van der Waals surface area contributed by atoms with E-state index >= 15 is 0 Å². The normalized spacial score (nSPS) is 23.8. The van der Waals surface area contributed by atoms with Crippen molar-refractivity contribution in [1.82, 2.24) is 0 Å². The van der Waals surface area contributed by atoms with E-state index in [-0.39, 0.29) is 5.92 Å². The van der Waals surface area contributed by atoms with Gasteiger partial charge in [-0.1, -0.05) is 43.3 Å². The van der Waals surface area contributed by atoms with Gasteiger partial charge in [0.25, 0.3) is 0 Å². The number of benzene rings is 4. The van der Waals surface area contributed by atoms with E-state index in [0.29, 0.717) is 61.0 Å². The van der Waals surface area contributed by atoms with Gasteiger partial charge in [-0.15, -0.1) is 0 Å². The first-order valence-electron chi connectivity index (χ1n) is 23.4. The molecular weight excluding hydrogens is 809 g/mol. The summed E-state index contributed by atoms with van der Waals surface area (Å²) >= 11 is 0. The molecule has 4 fully saturated rings. The molecule has 0 N–H and O–H groups in total. The quantitative estimate of drug-likeness (QED) is 0.0249. The van der Waals surface area contributed by atoms with E-state index in [9.17, 15) is 9.59 Å². The first kappa shape index (κ1) is 44.0. The van der Waals surface area contributed by atoms with Crippen LogP contribution < -0.4 is 18.9 Å². The van der Waals surface area contributed by atoms with Crippen LogP contribution in [0.2, 0.25) is 0 Å². The van der Waals surface area contributed by atoms with Crippen molar-refractivity contribution in [3.63, 3.8) is 0 Å². The zero-order chi connectivity index (χ0) is 43.7. The van der Waals surface area contributed by atoms with Crippen LogP contribution in [0.3, 0.4) is 0 Å². The fourth-order valence-electron chi connectivity index (χ4n) is 9.33. The van der Waals surface area contributed by atoms with Crippen molar-refractivity contribution in [2.24, 2.45) is 11.8 Å². The Labute approximate surface area is 376 Å². The molecule has 0 bridgehead atoms. The van der Waals surface area contributed by atoms with Gasteiger partial charge in [-0.2, -0.15) is 0 Å². The molecule has 0 aromatic heterocycles. The minimum Gasteiger partial charge on any atom is -0.494 e. The minimum atomic E-state index is -0.463. The zero-order valence-electron chi connectivity index (χ0n) is 36.8. The maximum atomic E-state index is 12.8. The lowest BCUT2D eigenvalue weighted by Gasteiger charge is -2.18. The maximum absolute atomic E-state index is 12.8. The summed E-state index contributed by atoms with van der Waals surface area (Å²) in [6.07, 6.45) is 19.3. The summed E-state index contributed by atoms with van der Waals surface area (Å²) in [6.45, 7) is 6.55. The number of ether oxygens (including phenoxy) is 8. The maximum Gasteiger partial charge on any atom is 0.336 e. The summed E-state index contributed by atoms with van der Waals surface area (Å²) in [4.78, 5) is 25.6. The average molecular weight is 869 g/mol. The summed E-state index contributed by atoms with van der Waals surface area (Å²) in [5, 5.41) is 0. The average Bonchev–Trinajstić information content (AvgIpc) is 4.25. The van der Waals surface area contributed by atoms with Crippen molar-refractivity contribution in [2.75, 3.05) is 39.6 Å². The Morgan fingerprint density at radius 1 is 0.531 bits per heavy atom. The lowest BCUT2D eigenvalue weighted by Crippen LogP contribution is -2.18. The Balaban J connectivity index is 0.660. The van der Waals surface area contributed by atoms with Crippen LogP contribution in [0.4, 0.5) is 0 Å². The van der Waals surface area contributed by atoms with E-state index in [1.165, 1.54) is 37.8 Å². The Bertz CT molecular complexity index is 2110. The number of esters is 2. The second-order valence-corrected chi connectivity index (χ2v) is 17.9. The topological polar surface area (TPSA) is 115 Å². The van der Waals surface area contributed by atoms with Gasteiger partial charge in [-0.05, 0) is 170 Å². The van der Waals surface area contributed by atoms with Gasteiger partial charge >= 0.3 is 11.9 Å². The van der Waals surface area contributed by atoms with Crippen molar-refractivity contribution < 1.29 is 47.5 Å². The number of carbonyl (C=O) groups excluding carboxylic acids is 2. The molecule has 5 aliphatic rings. The van der Waals surface area contributed by atoms with Crippen LogP contribution in [-0.2, 0) is 28.5 Å². The molecule has 2 aliphatic heterocycles. The lowest BCUT2D eigenvalue weighted by atomic mass is 9.90. The number of epoxide rings is 2. The van der Waals surface area contributed by atoms with Gasteiger partial charge in [0.05, 0.1) is 37.6 Å². The smallest absolute Gasteiger partial charge is 0.336 e. The molecule has 0 radical (unpaired) electrons. The monoisotopic (exact) mass is 868 g/mol. The molecule has 0 amide bonds. The van der Waals surface area contributed by atoms with Crippen LogP contribution in [-0.4, -0.2) is 76.0 Å². The highest BCUT2D eigenvalue weighted by Crippen LogP contribution is 2.47. The lowest BCUT2D eigenvalue weighted by molar-refractivity contribution is -0.129. The highest BCUT2D eigenvalue weighted by atomic mass is 16.6. The number of hydrogen-bond acceptors (Lipinski definition) is 10. The van der Waals surface area contributed by atoms with Gasteiger partial charge in [0.15, 0.2) is 0 Å². The second kappa shape index (κ2) is 21.2. The fraction of sp³-hybridized carbons (Fsp3) is 0.444. The van der Waals surface area contributed by atoms with Crippen LogP contribution in [0, 0.1) is 11.8 Å². The Morgan fingerprint density at radius 2 is 0.953 bits per heavy atom. The van der Waals surface area contributed by atoms with Gasteiger partial charge in [0.1, 0.15) is 23.0 Å². The molecule has 6 unspecified atom stereocenters. The molecule has 2 heterocycles. The summed E-state index contributed by atoms with van der Waals surface area (Å²) < 4.78 is 46.3. The molecule has 2 saturated carbocycles. The SMILES string of the molecule is CC1c2cc(OC(=O)C=Cc3ccc(OCCCCOCC4CCC5OC5C4)cc3)ccc2-c2ccc(OC(=O)C=Cc3ccc(OCCCCOCC4CCC5OC5C4)cc3)cc21. The largest absolute Gasteiger partial charge is 0.494 e. The van der Waals surface area contributed by atoms with Gasteiger partial charge in [0.2, 0.25) is 0 Å². The van der Waals surface area contributed by atoms with E-state index in [1.807, 2.05) is 84.9 Å². The summed E-state index contributed by atoms with van der Waals surface area (Å²) in [7, 11) is 0. The highest BCUT2D eigenvalue weighted by molar-refractivity contribution is 5.90. The standard InChI is InChI=1S/C54H60O10/c1-36-47-32-43(61-53(55)24-12-37-6-14-41(15-7-37)59-28-4-2-26-57-34-39-10-22-49-51(30-39)63-49)18-20-45(47)46-21-19-44(33-48(36)46)62-54(56)25-13-38-8-16-42(17-9-38)60-29-5-3-27-58-35-40-11-23-50-52(31-40)64-50/h6-9,12-21,24-25,32-33,36,39-40,49-52H,2-5,10-11,22-23,26-31,34-35H2,1H3. The van der Waals surface area contributed by atoms with Gasteiger partial charge in [0, 0.05) is 44.5 Å². The van der Waals surface area contributed by atoms with E-state index in [4.69, 9.17) is 37.9 Å². The van der Waals surface area contributed by atoms with E-state index in [2.05, 4.69) is 6.92 Å². The third-order valence-corrected chi connectivity index (χ3v) is 13.1. The number of fused-ring (bicyclic) bond motifs is 5. The summed E-state index contributed by atoms with van der Waals surface area (Å²) in [5.74, 6) is 2.90. The van der Waals surface area contributed by atoms with Gasteiger partial charge in [-0.3, -0.25) is 0 Å². The van der Waals surface area contributed by atoms with E-state index < -0.39 is 11.9 Å². The van der Waals surface area contributed by atoms with Gasteiger partial charge in [-0.25, -0.2) is 9.59 Å². The van der Waals surface area contributed by atoms with Crippen LogP contribution in [0.1, 0.15) is 99.3 Å².